The minimum Gasteiger partial charge on any atom is -0.355 e. The third-order valence-electron chi connectivity index (χ3n) is 7.77. The maximum absolute atomic E-state index is 11.3. The van der Waals surface area contributed by atoms with Gasteiger partial charge in [0.2, 0.25) is 0 Å². The van der Waals surface area contributed by atoms with Crippen LogP contribution in [0.2, 0.25) is 0 Å². The largest absolute Gasteiger partial charge is 0.355 e. The number of rotatable bonds is 3. The Morgan fingerprint density at radius 2 is 1.29 bits per heavy atom. The second-order valence-corrected chi connectivity index (χ2v) is 11.6. The Morgan fingerprint density at radius 1 is 0.643 bits per heavy atom. The van der Waals surface area contributed by atoms with Crippen LogP contribution in [0.1, 0.15) is 49.8 Å². The zero-order valence-electron chi connectivity index (χ0n) is 23.4. The summed E-state index contributed by atoms with van der Waals surface area (Å²) in [6, 6.07) is 22.4. The van der Waals surface area contributed by atoms with E-state index in [1.807, 2.05) is 36.4 Å². The Kier molecular flexibility index (Phi) is 6.36. The fourth-order valence-corrected chi connectivity index (χ4v) is 6.43. The summed E-state index contributed by atoms with van der Waals surface area (Å²) in [5.74, 6) is 0. The van der Waals surface area contributed by atoms with E-state index in [2.05, 4.69) is 101 Å². The van der Waals surface area contributed by atoms with Crippen molar-refractivity contribution in [1.82, 2.24) is 19.9 Å². The summed E-state index contributed by atoms with van der Waals surface area (Å²) in [5, 5.41) is 0. The quantitative estimate of drug-likeness (QED) is 0.196. The third-order valence-corrected chi connectivity index (χ3v) is 8.61. The molecule has 0 spiro atoms. The highest BCUT2D eigenvalue weighted by Crippen LogP contribution is 2.37. The number of nitrogens with one attached hydrogen (secondary N) is 2. The number of carbonyl (C=O) groups excluding carboxylic acids is 1. The summed E-state index contributed by atoms with van der Waals surface area (Å²) in [6.45, 7) is 6.47. The van der Waals surface area contributed by atoms with E-state index in [0.29, 0.717) is 5.56 Å². The van der Waals surface area contributed by atoms with E-state index >= 15 is 0 Å². The highest BCUT2D eigenvalue weighted by atomic mass is 79.9. The van der Waals surface area contributed by atoms with Gasteiger partial charge in [-0.15, -0.1) is 0 Å². The lowest BCUT2D eigenvalue weighted by molar-refractivity contribution is 0.112. The number of nitrogens with zero attached hydrogens (tertiary/aromatic N) is 2. The first-order chi connectivity index (χ1) is 20.4. The molecular weight excluding hydrogens is 584 g/mol. The number of aromatic amines is 2. The summed E-state index contributed by atoms with van der Waals surface area (Å²) in [4.78, 5) is 28.7. The molecule has 2 aromatic carbocycles. The van der Waals surface area contributed by atoms with Crippen LogP contribution in [0.3, 0.4) is 0 Å². The standard InChI is InChI=1S/C36H27BrN4O/c1-20-16-21(2)33(22(3)17-20)35-29-11-9-26(39-29)18-25-8-10-27(38-25)34(24-6-4-23(19-42)5-7-24)28-12-14-31(40-28)36(37)32-15-13-30(35)41-32/h4-19,38,41H,1-3H3. The highest BCUT2D eigenvalue weighted by molar-refractivity contribution is 9.10. The molecule has 7 rings (SSSR count). The number of aryl methyl sites for hydroxylation is 3. The van der Waals surface area contributed by atoms with E-state index in [0.717, 1.165) is 72.3 Å². The molecule has 42 heavy (non-hydrogen) atoms. The van der Waals surface area contributed by atoms with Crippen molar-refractivity contribution in [3.63, 3.8) is 0 Å². The number of aldehydes is 1. The van der Waals surface area contributed by atoms with Crippen molar-refractivity contribution in [3.05, 3.63) is 116 Å². The van der Waals surface area contributed by atoms with Gasteiger partial charge in [0.05, 0.1) is 32.8 Å². The van der Waals surface area contributed by atoms with Gasteiger partial charge in [0.15, 0.2) is 0 Å². The Bertz CT molecular complexity index is 2120. The number of carbonyl (C=O) groups is 1. The van der Waals surface area contributed by atoms with Crippen LogP contribution >= 0.6 is 15.9 Å². The van der Waals surface area contributed by atoms with Gasteiger partial charge in [-0.1, -0.05) is 42.0 Å². The summed E-state index contributed by atoms with van der Waals surface area (Å²) >= 11 is 3.84. The molecule has 0 saturated heterocycles. The average molecular weight is 612 g/mol. The summed E-state index contributed by atoms with van der Waals surface area (Å²) < 4.78 is 0.871. The Labute approximate surface area is 251 Å². The molecule has 0 unspecified atom stereocenters. The maximum Gasteiger partial charge on any atom is 0.150 e. The van der Waals surface area contributed by atoms with Gasteiger partial charge in [-0.2, -0.15) is 0 Å². The normalized spacial score (nSPS) is 12.2. The molecule has 5 heterocycles. The van der Waals surface area contributed by atoms with Gasteiger partial charge >= 0.3 is 0 Å². The van der Waals surface area contributed by atoms with Gasteiger partial charge in [-0.05, 0) is 114 Å². The van der Waals surface area contributed by atoms with Crippen LogP contribution < -0.4 is 0 Å². The van der Waals surface area contributed by atoms with Crippen molar-refractivity contribution < 1.29 is 4.79 Å². The van der Waals surface area contributed by atoms with Crippen molar-refractivity contribution in [2.45, 2.75) is 20.8 Å². The van der Waals surface area contributed by atoms with Crippen LogP contribution in [-0.4, -0.2) is 26.2 Å². The number of benzene rings is 2. The van der Waals surface area contributed by atoms with Crippen molar-refractivity contribution in [2.75, 3.05) is 0 Å². The second-order valence-electron chi connectivity index (χ2n) is 10.8. The van der Waals surface area contributed by atoms with E-state index in [1.54, 1.807) is 0 Å². The molecule has 0 amide bonds. The van der Waals surface area contributed by atoms with Gasteiger partial charge in [0.1, 0.15) is 6.29 Å². The first kappa shape index (κ1) is 26.1. The molecule has 6 heteroatoms. The van der Waals surface area contributed by atoms with Gasteiger partial charge < -0.3 is 9.97 Å². The van der Waals surface area contributed by atoms with Crippen LogP contribution in [0, 0.1) is 20.8 Å². The van der Waals surface area contributed by atoms with Crippen LogP contribution in [0.5, 0.6) is 0 Å². The molecule has 204 valence electrons. The molecule has 5 nitrogen and oxygen atoms in total. The average Bonchev–Trinajstić information content (AvgIpc) is 3.79. The van der Waals surface area contributed by atoms with E-state index < -0.39 is 0 Å². The topological polar surface area (TPSA) is 74.4 Å². The molecule has 0 radical (unpaired) electrons. The molecule has 3 aromatic heterocycles. The number of fused-ring (bicyclic) bond motifs is 8. The molecule has 0 fully saturated rings. The summed E-state index contributed by atoms with van der Waals surface area (Å²) in [5.41, 5.74) is 15.7. The van der Waals surface area contributed by atoms with Crippen molar-refractivity contribution in [1.29, 1.82) is 0 Å². The fraction of sp³-hybridized carbons (Fsp3) is 0.0833. The fourth-order valence-electron chi connectivity index (χ4n) is 5.97. The number of H-pyrrole nitrogens is 2. The SMILES string of the molecule is Cc1cc(C)c(-c2c3nc(cc4ccc([nH]4)c(-c4ccc(C=O)cc4)c4nc(c(Br)c5ccc2[nH]5)C=C4)C=C3)c(C)c1. The zero-order chi connectivity index (χ0) is 29.0. The predicted octanol–water partition coefficient (Wildman–Crippen LogP) is 9.49. The van der Waals surface area contributed by atoms with Gasteiger partial charge in [-0.25, -0.2) is 9.97 Å². The molecule has 5 aromatic rings. The first-order valence-electron chi connectivity index (χ1n) is 13.8. The lowest BCUT2D eigenvalue weighted by Gasteiger charge is -2.13. The number of hydrogen-bond donors (Lipinski definition) is 2. The Balaban J connectivity index is 1.59. The minimum absolute atomic E-state index is 0.633. The molecular formula is C36H27BrN4O. The lowest BCUT2D eigenvalue weighted by Crippen LogP contribution is -1.93. The van der Waals surface area contributed by atoms with E-state index in [9.17, 15) is 4.79 Å². The van der Waals surface area contributed by atoms with E-state index in [4.69, 9.17) is 9.97 Å². The molecule has 0 atom stereocenters. The van der Waals surface area contributed by atoms with Crippen LogP contribution in [-0.2, 0) is 0 Å². The number of hydrogen-bond acceptors (Lipinski definition) is 3. The summed E-state index contributed by atoms with van der Waals surface area (Å²) in [6.07, 6.45) is 9.07. The van der Waals surface area contributed by atoms with E-state index in [1.165, 1.54) is 22.3 Å². The van der Waals surface area contributed by atoms with Crippen LogP contribution in [0.15, 0.2) is 71.2 Å². The van der Waals surface area contributed by atoms with Crippen molar-refractivity contribution >= 4 is 68.6 Å². The van der Waals surface area contributed by atoms with Gasteiger partial charge in [0.25, 0.3) is 0 Å². The predicted molar refractivity (Wildman–Crippen MR) is 177 cm³/mol. The van der Waals surface area contributed by atoms with Crippen molar-refractivity contribution in [2.24, 2.45) is 0 Å². The van der Waals surface area contributed by atoms with Crippen LogP contribution in [0.25, 0.3) is 68.6 Å². The molecule has 0 aliphatic carbocycles. The van der Waals surface area contributed by atoms with Gasteiger partial charge in [-0.3, -0.25) is 4.79 Å². The molecule has 2 aliphatic rings. The van der Waals surface area contributed by atoms with Crippen LogP contribution in [0.4, 0.5) is 0 Å². The number of aromatic nitrogens is 4. The van der Waals surface area contributed by atoms with Gasteiger partial charge in [0, 0.05) is 33.2 Å². The molecule has 2 aliphatic heterocycles. The lowest BCUT2D eigenvalue weighted by atomic mass is 9.92. The Morgan fingerprint density at radius 3 is 2.05 bits per heavy atom. The monoisotopic (exact) mass is 610 g/mol. The first-order valence-corrected chi connectivity index (χ1v) is 14.6. The van der Waals surface area contributed by atoms with E-state index in [-0.39, 0.29) is 0 Å². The summed E-state index contributed by atoms with van der Waals surface area (Å²) in [7, 11) is 0. The Hall–Kier alpha value is -4.81. The zero-order valence-corrected chi connectivity index (χ0v) is 25.0. The smallest absolute Gasteiger partial charge is 0.150 e. The molecule has 8 bridgehead atoms. The third kappa shape index (κ3) is 4.54. The minimum atomic E-state index is 0.633. The number of halogens is 1. The maximum atomic E-state index is 11.3. The van der Waals surface area contributed by atoms with Crippen molar-refractivity contribution in [3.8, 4) is 22.3 Å². The molecule has 2 N–H and O–H groups in total. The molecule has 0 saturated carbocycles. The highest BCUT2D eigenvalue weighted by Gasteiger charge is 2.17. The second kappa shape index (κ2) is 10.2.